The predicted octanol–water partition coefficient (Wildman–Crippen LogP) is 1.22. The van der Waals surface area contributed by atoms with Crippen molar-refractivity contribution in [2.24, 2.45) is 0 Å². The third-order valence-corrected chi connectivity index (χ3v) is 1.05. The molecule has 0 bridgehead atoms. The molecule has 0 unspecified atom stereocenters. The van der Waals surface area contributed by atoms with E-state index in [9.17, 15) is 0 Å². The highest BCUT2D eigenvalue weighted by molar-refractivity contribution is 5.28. The molecule has 0 aromatic carbocycles. The maximum Gasteiger partial charge on any atom is 0.0395 e. The molecule has 0 fully saturated rings. The molecule has 0 spiro atoms. The summed E-state index contributed by atoms with van der Waals surface area (Å²) in [6.45, 7) is 4.54. The zero-order valence-electron chi connectivity index (χ0n) is 4.72. The van der Waals surface area contributed by atoms with Gasteiger partial charge >= 0.3 is 0 Å². The number of hydrogen-bond acceptors (Lipinski definition) is 1. The summed E-state index contributed by atoms with van der Waals surface area (Å²) in [5.41, 5.74) is 1.29. The lowest BCUT2D eigenvalue weighted by Crippen LogP contribution is -1.99. The van der Waals surface area contributed by atoms with Crippen LogP contribution in [0, 0.1) is 0 Å². The second-order valence-corrected chi connectivity index (χ2v) is 1.69. The molecule has 1 N–H and O–H groups in total. The number of allylic oxidation sites excluding steroid dienone is 2. The van der Waals surface area contributed by atoms with Crippen LogP contribution in [0.15, 0.2) is 36.6 Å². The molecule has 0 aromatic rings. The summed E-state index contributed by atoms with van der Waals surface area (Å²) in [6.07, 6.45) is 7.78. The van der Waals surface area contributed by atoms with Crippen LogP contribution in [-0.2, 0) is 0 Å². The average Bonchev–Trinajstić information content (AvgIpc) is 2.19. The molecule has 1 heteroatoms. The Morgan fingerprint density at radius 2 is 2.62 bits per heavy atom. The van der Waals surface area contributed by atoms with Crippen LogP contribution < -0.4 is 5.32 Å². The van der Waals surface area contributed by atoms with E-state index in [0.717, 1.165) is 6.54 Å². The van der Waals surface area contributed by atoms with Crippen LogP contribution in [0.25, 0.3) is 0 Å². The molecule has 0 saturated carbocycles. The highest BCUT2D eigenvalue weighted by Gasteiger charge is 1.92. The zero-order valence-corrected chi connectivity index (χ0v) is 4.72. The first-order valence-electron chi connectivity index (χ1n) is 2.65. The summed E-state index contributed by atoms with van der Waals surface area (Å²) in [4.78, 5) is 0. The van der Waals surface area contributed by atoms with E-state index in [-0.39, 0.29) is 0 Å². The summed E-state index contributed by atoms with van der Waals surface area (Å²) in [5, 5.41) is 3.06. The van der Waals surface area contributed by atoms with Crippen molar-refractivity contribution in [1.29, 1.82) is 0 Å². The van der Waals surface area contributed by atoms with E-state index < -0.39 is 0 Å². The lowest BCUT2D eigenvalue weighted by atomic mass is 10.3. The molecule has 42 valence electrons. The van der Waals surface area contributed by atoms with Gasteiger partial charge in [-0.25, -0.2) is 0 Å². The predicted molar refractivity (Wildman–Crippen MR) is 35.4 cm³/mol. The van der Waals surface area contributed by atoms with Crippen LogP contribution in [0.2, 0.25) is 0 Å². The third kappa shape index (κ3) is 0.997. The fraction of sp³-hybridized carbons (Fsp3) is 0.143. The maximum absolute atomic E-state index is 3.59. The van der Waals surface area contributed by atoms with Crippen molar-refractivity contribution in [3.8, 4) is 0 Å². The van der Waals surface area contributed by atoms with Crippen molar-refractivity contribution in [2.75, 3.05) is 6.54 Å². The summed E-state index contributed by atoms with van der Waals surface area (Å²) < 4.78 is 0. The molecule has 1 aliphatic rings. The average molecular weight is 107 g/mol. The van der Waals surface area contributed by atoms with Gasteiger partial charge in [-0.3, -0.25) is 0 Å². The number of hydrogen-bond donors (Lipinski definition) is 1. The Morgan fingerprint density at radius 1 is 1.75 bits per heavy atom. The lowest BCUT2D eigenvalue weighted by Gasteiger charge is -1.87. The van der Waals surface area contributed by atoms with Crippen LogP contribution in [-0.4, -0.2) is 6.54 Å². The van der Waals surface area contributed by atoms with Crippen molar-refractivity contribution in [3.05, 3.63) is 36.6 Å². The van der Waals surface area contributed by atoms with E-state index in [1.165, 1.54) is 5.57 Å². The Kier molecular flexibility index (Phi) is 1.52. The van der Waals surface area contributed by atoms with E-state index in [4.69, 9.17) is 0 Å². The summed E-state index contributed by atoms with van der Waals surface area (Å²) >= 11 is 0. The van der Waals surface area contributed by atoms with Crippen LogP contribution in [0.5, 0.6) is 0 Å². The standard InChI is InChI=1S/C7H9N/c1-2-3-7-4-5-8-6-7/h2-5,8H,1,6H2/b7-3-. The zero-order chi connectivity index (χ0) is 5.82. The minimum Gasteiger partial charge on any atom is -0.387 e. The van der Waals surface area contributed by atoms with Crippen molar-refractivity contribution < 1.29 is 0 Å². The molecule has 0 radical (unpaired) electrons. The summed E-state index contributed by atoms with van der Waals surface area (Å²) in [7, 11) is 0. The molecule has 1 nitrogen and oxygen atoms in total. The van der Waals surface area contributed by atoms with Crippen molar-refractivity contribution >= 4 is 0 Å². The molecule has 0 atom stereocenters. The van der Waals surface area contributed by atoms with Gasteiger partial charge in [0, 0.05) is 6.54 Å². The van der Waals surface area contributed by atoms with Crippen LogP contribution in [0.1, 0.15) is 0 Å². The SMILES string of the molecule is C=C/C=C1/C=CNC1. The Hall–Kier alpha value is -0.980. The van der Waals surface area contributed by atoms with Gasteiger partial charge in [-0.1, -0.05) is 18.7 Å². The monoisotopic (exact) mass is 107 g/mol. The van der Waals surface area contributed by atoms with Gasteiger partial charge in [-0.05, 0) is 17.8 Å². The van der Waals surface area contributed by atoms with E-state index in [0.29, 0.717) is 0 Å². The highest BCUT2D eigenvalue weighted by Crippen LogP contribution is 1.99. The van der Waals surface area contributed by atoms with Gasteiger partial charge in [0.2, 0.25) is 0 Å². The fourth-order valence-electron chi connectivity index (χ4n) is 0.668. The lowest BCUT2D eigenvalue weighted by molar-refractivity contribution is 1.01. The Morgan fingerprint density at radius 3 is 3.12 bits per heavy atom. The second kappa shape index (κ2) is 2.36. The van der Waals surface area contributed by atoms with Gasteiger partial charge in [-0.15, -0.1) is 0 Å². The normalized spacial score (nSPS) is 21.2. The Balaban J connectivity index is 2.58. The van der Waals surface area contributed by atoms with Gasteiger partial charge < -0.3 is 5.32 Å². The molecule has 0 aromatic heterocycles. The minimum absolute atomic E-state index is 0.950. The first kappa shape index (κ1) is 5.16. The first-order chi connectivity index (χ1) is 3.93. The molecule has 0 aliphatic carbocycles. The van der Waals surface area contributed by atoms with E-state index >= 15 is 0 Å². The molecular weight excluding hydrogens is 98.1 g/mol. The molecular formula is C7H9N. The molecule has 1 aliphatic heterocycles. The third-order valence-electron chi connectivity index (χ3n) is 1.05. The second-order valence-electron chi connectivity index (χ2n) is 1.69. The first-order valence-corrected chi connectivity index (χ1v) is 2.65. The van der Waals surface area contributed by atoms with E-state index in [2.05, 4.69) is 11.9 Å². The Labute approximate surface area is 49.4 Å². The summed E-state index contributed by atoms with van der Waals surface area (Å²) in [5.74, 6) is 0. The molecule has 1 heterocycles. The largest absolute Gasteiger partial charge is 0.387 e. The van der Waals surface area contributed by atoms with Crippen LogP contribution >= 0.6 is 0 Å². The van der Waals surface area contributed by atoms with Crippen LogP contribution in [0.4, 0.5) is 0 Å². The van der Waals surface area contributed by atoms with Gasteiger partial charge in [0.1, 0.15) is 0 Å². The minimum atomic E-state index is 0.950. The molecule has 1 rings (SSSR count). The quantitative estimate of drug-likeness (QED) is 0.531. The Bertz CT molecular complexity index is 142. The topological polar surface area (TPSA) is 12.0 Å². The van der Waals surface area contributed by atoms with Crippen molar-refractivity contribution in [3.63, 3.8) is 0 Å². The molecule has 8 heavy (non-hydrogen) atoms. The van der Waals surface area contributed by atoms with Gasteiger partial charge in [0.25, 0.3) is 0 Å². The van der Waals surface area contributed by atoms with Crippen molar-refractivity contribution in [2.45, 2.75) is 0 Å². The van der Waals surface area contributed by atoms with Crippen molar-refractivity contribution in [1.82, 2.24) is 5.32 Å². The smallest absolute Gasteiger partial charge is 0.0395 e. The highest BCUT2D eigenvalue weighted by atomic mass is 14.8. The fourth-order valence-corrected chi connectivity index (χ4v) is 0.668. The molecule has 0 saturated heterocycles. The van der Waals surface area contributed by atoms with Gasteiger partial charge in [-0.2, -0.15) is 0 Å². The molecule has 0 amide bonds. The van der Waals surface area contributed by atoms with Crippen LogP contribution in [0.3, 0.4) is 0 Å². The maximum atomic E-state index is 3.59. The van der Waals surface area contributed by atoms with Gasteiger partial charge in [0.05, 0.1) is 0 Å². The number of rotatable bonds is 1. The van der Waals surface area contributed by atoms with E-state index in [1.54, 1.807) is 6.08 Å². The van der Waals surface area contributed by atoms with E-state index in [1.807, 2.05) is 18.4 Å². The van der Waals surface area contributed by atoms with Gasteiger partial charge in [0.15, 0.2) is 0 Å². The number of nitrogens with one attached hydrogen (secondary N) is 1. The summed E-state index contributed by atoms with van der Waals surface area (Å²) in [6, 6.07) is 0.